The van der Waals surface area contributed by atoms with Gasteiger partial charge in [0, 0.05) is 38.8 Å². The van der Waals surface area contributed by atoms with E-state index in [1.165, 1.54) is 27.5 Å². The van der Waals surface area contributed by atoms with Crippen molar-refractivity contribution in [1.29, 1.82) is 0 Å². The normalized spacial score (nSPS) is 18.6. The molecule has 1 saturated heterocycles. The van der Waals surface area contributed by atoms with Crippen LogP contribution in [0, 0.1) is 0 Å². The van der Waals surface area contributed by atoms with Gasteiger partial charge in [0.1, 0.15) is 0 Å². The number of carbonyl (C=O) groups is 1. The van der Waals surface area contributed by atoms with Gasteiger partial charge in [-0.15, -0.1) is 0 Å². The van der Waals surface area contributed by atoms with Gasteiger partial charge in [0.05, 0.1) is 22.3 Å². The topological polar surface area (TPSA) is 112 Å². The van der Waals surface area contributed by atoms with E-state index in [4.69, 9.17) is 5.73 Å². The Hall–Kier alpha value is -2.39. The minimum absolute atomic E-state index is 0.103. The molecule has 0 bridgehead atoms. The Morgan fingerprint density at radius 1 is 1.31 bits per heavy atom. The van der Waals surface area contributed by atoms with E-state index in [0.717, 1.165) is 6.42 Å². The van der Waals surface area contributed by atoms with Gasteiger partial charge in [-0.25, -0.2) is 8.42 Å². The number of amides is 1. The maximum Gasteiger partial charge on any atom is 0.256 e. The van der Waals surface area contributed by atoms with Gasteiger partial charge in [0.2, 0.25) is 10.0 Å². The number of H-pyrrole nitrogens is 1. The molecule has 0 unspecified atom stereocenters. The summed E-state index contributed by atoms with van der Waals surface area (Å²) in [6, 6.07) is 6.20. The number of aromatic amines is 1. The van der Waals surface area contributed by atoms with Crippen molar-refractivity contribution < 1.29 is 13.2 Å². The zero-order valence-electron chi connectivity index (χ0n) is 14.8. The van der Waals surface area contributed by atoms with Crippen LogP contribution in [0.4, 0.5) is 5.69 Å². The second-order valence-corrected chi connectivity index (χ2v) is 8.61. The molecule has 1 aliphatic rings. The molecule has 140 valence electrons. The van der Waals surface area contributed by atoms with Crippen LogP contribution in [-0.2, 0) is 10.0 Å². The number of nitrogens with one attached hydrogen (secondary N) is 1. The predicted molar refractivity (Wildman–Crippen MR) is 98.2 cm³/mol. The van der Waals surface area contributed by atoms with Crippen molar-refractivity contribution in [2.75, 3.05) is 32.9 Å². The van der Waals surface area contributed by atoms with Crippen LogP contribution in [0.2, 0.25) is 0 Å². The van der Waals surface area contributed by atoms with E-state index in [1.54, 1.807) is 26.2 Å². The smallest absolute Gasteiger partial charge is 0.256 e. The van der Waals surface area contributed by atoms with E-state index >= 15 is 0 Å². The van der Waals surface area contributed by atoms with Gasteiger partial charge in [-0.2, -0.15) is 9.40 Å². The van der Waals surface area contributed by atoms with Crippen molar-refractivity contribution in [1.82, 2.24) is 19.4 Å². The Morgan fingerprint density at radius 2 is 2.00 bits per heavy atom. The molecule has 8 nitrogen and oxygen atoms in total. The third-order valence-electron chi connectivity index (χ3n) is 4.62. The number of carbonyl (C=O) groups excluding carboxylic acids is 1. The van der Waals surface area contributed by atoms with Crippen LogP contribution in [0.3, 0.4) is 0 Å². The number of anilines is 1. The molecule has 1 aromatic carbocycles. The molecular weight excluding hydrogens is 354 g/mol. The van der Waals surface area contributed by atoms with Crippen LogP contribution in [0.1, 0.15) is 34.8 Å². The SMILES string of the molecule is CN(C)C(=O)c1cn[nH]c1[C@H]1CCCN(S(=O)(=O)c2ccc(N)cc2)C1. The van der Waals surface area contributed by atoms with E-state index in [0.29, 0.717) is 36.5 Å². The molecule has 2 heterocycles. The molecule has 0 saturated carbocycles. The van der Waals surface area contributed by atoms with Gasteiger partial charge in [0.15, 0.2) is 0 Å². The van der Waals surface area contributed by atoms with Gasteiger partial charge < -0.3 is 10.6 Å². The number of rotatable bonds is 4. The molecule has 1 fully saturated rings. The van der Waals surface area contributed by atoms with Gasteiger partial charge in [0.25, 0.3) is 5.91 Å². The average Bonchev–Trinajstić information content (AvgIpc) is 3.11. The monoisotopic (exact) mass is 377 g/mol. The minimum atomic E-state index is -3.60. The standard InChI is InChI=1S/C17H23N5O3S/c1-21(2)17(23)15-10-19-20-16(15)12-4-3-9-22(11-12)26(24,25)14-7-5-13(18)6-8-14/h5-8,10,12H,3-4,9,11,18H2,1-2H3,(H,19,20)/t12-/m0/s1. The number of hydrogen-bond donors (Lipinski definition) is 2. The molecule has 3 N–H and O–H groups in total. The molecule has 1 aliphatic heterocycles. The lowest BCUT2D eigenvalue weighted by molar-refractivity contribution is 0.0825. The van der Waals surface area contributed by atoms with Crippen molar-refractivity contribution in [2.45, 2.75) is 23.7 Å². The van der Waals surface area contributed by atoms with E-state index in [9.17, 15) is 13.2 Å². The van der Waals surface area contributed by atoms with E-state index in [-0.39, 0.29) is 16.7 Å². The Balaban J connectivity index is 1.85. The van der Waals surface area contributed by atoms with Crippen molar-refractivity contribution in [3.63, 3.8) is 0 Å². The third-order valence-corrected chi connectivity index (χ3v) is 6.50. The molecule has 2 aromatic rings. The highest BCUT2D eigenvalue weighted by molar-refractivity contribution is 7.89. The summed E-state index contributed by atoms with van der Waals surface area (Å²) in [5.41, 5.74) is 7.35. The van der Waals surface area contributed by atoms with Crippen LogP contribution in [-0.4, -0.2) is 60.9 Å². The Labute approximate surface area is 153 Å². The maximum atomic E-state index is 12.9. The molecule has 0 radical (unpaired) electrons. The molecule has 1 amide bonds. The summed E-state index contributed by atoms with van der Waals surface area (Å²) in [5, 5.41) is 6.90. The fourth-order valence-electron chi connectivity index (χ4n) is 3.20. The number of nitrogens with two attached hydrogens (primary N) is 1. The number of piperidine rings is 1. The lowest BCUT2D eigenvalue weighted by Crippen LogP contribution is -2.39. The van der Waals surface area contributed by atoms with Crippen molar-refractivity contribution >= 4 is 21.6 Å². The Kier molecular flexibility index (Phi) is 5.01. The molecular formula is C17H23N5O3S. The molecule has 1 atom stereocenters. The lowest BCUT2D eigenvalue weighted by atomic mass is 9.93. The number of sulfonamides is 1. The van der Waals surface area contributed by atoms with Crippen molar-refractivity contribution in [3.8, 4) is 0 Å². The van der Waals surface area contributed by atoms with Crippen LogP contribution in [0.15, 0.2) is 35.4 Å². The zero-order valence-corrected chi connectivity index (χ0v) is 15.7. The average molecular weight is 377 g/mol. The first-order chi connectivity index (χ1) is 12.3. The largest absolute Gasteiger partial charge is 0.399 e. The first-order valence-corrected chi connectivity index (χ1v) is 9.85. The van der Waals surface area contributed by atoms with Crippen molar-refractivity contribution in [2.24, 2.45) is 0 Å². The summed E-state index contributed by atoms with van der Waals surface area (Å²) in [7, 11) is -0.247. The molecule has 0 spiro atoms. The fourth-order valence-corrected chi connectivity index (χ4v) is 4.73. The second-order valence-electron chi connectivity index (χ2n) is 6.67. The van der Waals surface area contributed by atoms with Crippen molar-refractivity contribution in [3.05, 3.63) is 41.7 Å². The quantitative estimate of drug-likeness (QED) is 0.779. The molecule has 26 heavy (non-hydrogen) atoms. The summed E-state index contributed by atoms with van der Waals surface area (Å²) in [4.78, 5) is 14.0. The highest BCUT2D eigenvalue weighted by Gasteiger charge is 2.33. The van der Waals surface area contributed by atoms with Crippen LogP contribution < -0.4 is 5.73 Å². The molecule has 0 aliphatic carbocycles. The summed E-state index contributed by atoms with van der Waals surface area (Å²) in [6.45, 7) is 0.761. The molecule has 3 rings (SSSR count). The van der Waals surface area contributed by atoms with Gasteiger partial charge in [-0.1, -0.05) is 0 Å². The van der Waals surface area contributed by atoms with E-state index in [2.05, 4.69) is 10.2 Å². The summed E-state index contributed by atoms with van der Waals surface area (Å²) in [6.07, 6.45) is 3.02. The Bertz CT molecular complexity index is 889. The summed E-state index contributed by atoms with van der Waals surface area (Å²) >= 11 is 0. The number of hydrogen-bond acceptors (Lipinski definition) is 5. The molecule has 1 aromatic heterocycles. The predicted octanol–water partition coefficient (Wildman–Crippen LogP) is 1.26. The number of aromatic nitrogens is 2. The molecule has 9 heteroatoms. The summed E-state index contributed by atoms with van der Waals surface area (Å²) < 4.78 is 27.3. The second kappa shape index (κ2) is 7.08. The van der Waals surface area contributed by atoms with Gasteiger partial charge in [-0.3, -0.25) is 9.89 Å². The lowest BCUT2D eigenvalue weighted by Gasteiger charge is -2.32. The highest BCUT2D eigenvalue weighted by atomic mass is 32.2. The van der Waals surface area contributed by atoms with Crippen LogP contribution in [0.5, 0.6) is 0 Å². The van der Waals surface area contributed by atoms with Gasteiger partial charge in [-0.05, 0) is 37.1 Å². The maximum absolute atomic E-state index is 12.9. The summed E-state index contributed by atoms with van der Waals surface area (Å²) in [5.74, 6) is -0.249. The number of nitrogen functional groups attached to an aromatic ring is 1. The van der Waals surface area contributed by atoms with Crippen LogP contribution >= 0.6 is 0 Å². The van der Waals surface area contributed by atoms with E-state index < -0.39 is 10.0 Å². The zero-order chi connectivity index (χ0) is 18.9. The van der Waals surface area contributed by atoms with Crippen LogP contribution in [0.25, 0.3) is 0 Å². The van der Waals surface area contributed by atoms with Gasteiger partial charge >= 0.3 is 0 Å². The first-order valence-electron chi connectivity index (χ1n) is 8.41. The highest BCUT2D eigenvalue weighted by Crippen LogP contribution is 2.31. The number of benzene rings is 1. The first kappa shape index (κ1) is 18.4. The number of nitrogens with zero attached hydrogens (tertiary/aromatic N) is 3. The Morgan fingerprint density at radius 3 is 2.65 bits per heavy atom. The minimum Gasteiger partial charge on any atom is -0.399 e. The van der Waals surface area contributed by atoms with E-state index in [1.807, 2.05) is 0 Å². The fraction of sp³-hybridized carbons (Fsp3) is 0.412. The third kappa shape index (κ3) is 3.45.